The summed E-state index contributed by atoms with van der Waals surface area (Å²) in [4.78, 5) is 0. The zero-order chi connectivity index (χ0) is 11.7. The first-order valence-electron chi connectivity index (χ1n) is 5.42. The van der Waals surface area contributed by atoms with Gasteiger partial charge in [0.05, 0.1) is 34.6 Å². The second kappa shape index (κ2) is 4.83. The van der Waals surface area contributed by atoms with Gasteiger partial charge < -0.3 is 4.74 Å². The van der Waals surface area contributed by atoms with Crippen LogP contribution in [0.3, 0.4) is 0 Å². The van der Waals surface area contributed by atoms with E-state index in [9.17, 15) is 0 Å². The van der Waals surface area contributed by atoms with Gasteiger partial charge in [-0.05, 0) is 35.7 Å². The van der Waals surface area contributed by atoms with Crippen LogP contribution in [0.2, 0.25) is 0 Å². The molecule has 3 N–H and O–H groups in total. The van der Waals surface area contributed by atoms with Crippen LogP contribution in [-0.2, 0) is 11.8 Å². The summed E-state index contributed by atoms with van der Waals surface area (Å²) in [6.07, 6.45) is 4.31. The van der Waals surface area contributed by atoms with Crippen molar-refractivity contribution in [2.24, 2.45) is 12.9 Å². The predicted octanol–water partition coefficient (Wildman–Crippen LogP) is 1.25. The molecule has 2 rings (SSSR count). The molecular formula is C10H17BrN4O. The third kappa shape index (κ3) is 2.15. The Hall–Kier alpha value is -0.430. The van der Waals surface area contributed by atoms with Crippen molar-refractivity contribution in [2.75, 3.05) is 0 Å². The van der Waals surface area contributed by atoms with Crippen molar-refractivity contribution in [3.8, 4) is 0 Å². The fourth-order valence-corrected chi connectivity index (χ4v) is 2.81. The molecule has 1 saturated heterocycles. The Morgan fingerprint density at radius 3 is 2.88 bits per heavy atom. The van der Waals surface area contributed by atoms with E-state index in [0.29, 0.717) is 6.10 Å². The van der Waals surface area contributed by atoms with E-state index in [-0.39, 0.29) is 12.1 Å². The summed E-state index contributed by atoms with van der Waals surface area (Å²) < 4.78 is 8.62. The van der Waals surface area contributed by atoms with Crippen LogP contribution in [0.1, 0.15) is 31.5 Å². The van der Waals surface area contributed by atoms with Crippen LogP contribution in [0.25, 0.3) is 0 Å². The molecule has 2 heterocycles. The average molecular weight is 289 g/mol. The molecule has 90 valence electrons. The Morgan fingerprint density at radius 1 is 1.69 bits per heavy atom. The highest BCUT2D eigenvalue weighted by atomic mass is 79.9. The highest BCUT2D eigenvalue weighted by Gasteiger charge is 2.32. The number of aryl methyl sites for hydroxylation is 1. The van der Waals surface area contributed by atoms with Crippen LogP contribution in [0.5, 0.6) is 0 Å². The molecule has 1 aromatic heterocycles. The van der Waals surface area contributed by atoms with Gasteiger partial charge in [-0.3, -0.25) is 10.5 Å². The molecule has 0 aliphatic carbocycles. The third-order valence-corrected chi connectivity index (χ3v) is 3.66. The van der Waals surface area contributed by atoms with Gasteiger partial charge in [0.25, 0.3) is 0 Å². The number of hydrazine groups is 1. The Bertz CT molecular complexity index is 348. The van der Waals surface area contributed by atoms with Gasteiger partial charge >= 0.3 is 0 Å². The zero-order valence-electron chi connectivity index (χ0n) is 9.48. The van der Waals surface area contributed by atoms with Crippen molar-refractivity contribution in [1.29, 1.82) is 0 Å². The molecule has 16 heavy (non-hydrogen) atoms. The number of ether oxygens (including phenoxy) is 1. The lowest BCUT2D eigenvalue weighted by atomic mass is 10.1. The van der Waals surface area contributed by atoms with E-state index in [1.165, 1.54) is 0 Å². The van der Waals surface area contributed by atoms with Crippen LogP contribution >= 0.6 is 15.9 Å². The Morgan fingerprint density at radius 2 is 2.44 bits per heavy atom. The Balaban J connectivity index is 2.22. The van der Waals surface area contributed by atoms with Crippen molar-refractivity contribution < 1.29 is 4.74 Å². The molecule has 0 spiro atoms. The first-order valence-corrected chi connectivity index (χ1v) is 6.21. The van der Waals surface area contributed by atoms with Gasteiger partial charge in [-0.2, -0.15) is 5.10 Å². The number of hydrogen-bond acceptors (Lipinski definition) is 4. The summed E-state index contributed by atoms with van der Waals surface area (Å²) >= 11 is 3.49. The molecule has 1 fully saturated rings. The highest BCUT2D eigenvalue weighted by molar-refractivity contribution is 9.10. The highest BCUT2D eigenvalue weighted by Crippen LogP contribution is 2.32. The summed E-state index contributed by atoms with van der Waals surface area (Å²) in [5.74, 6) is 5.64. The molecule has 1 aliphatic heterocycles. The molecule has 1 aliphatic rings. The number of nitrogens with zero attached hydrogens (tertiary/aromatic N) is 2. The summed E-state index contributed by atoms with van der Waals surface area (Å²) in [5.41, 5.74) is 3.86. The van der Waals surface area contributed by atoms with Crippen LogP contribution < -0.4 is 11.3 Å². The normalized spacial score (nSPS) is 27.2. The van der Waals surface area contributed by atoms with Crippen LogP contribution in [-0.4, -0.2) is 22.0 Å². The third-order valence-electron chi connectivity index (χ3n) is 3.05. The number of nitrogens with one attached hydrogen (secondary N) is 1. The zero-order valence-corrected chi connectivity index (χ0v) is 11.1. The predicted molar refractivity (Wildman–Crippen MR) is 64.5 cm³/mol. The maximum absolute atomic E-state index is 5.84. The van der Waals surface area contributed by atoms with Crippen molar-refractivity contribution in [3.63, 3.8) is 0 Å². The largest absolute Gasteiger partial charge is 0.373 e. The lowest BCUT2D eigenvalue weighted by molar-refractivity contribution is 0.0296. The maximum atomic E-state index is 5.84. The summed E-state index contributed by atoms with van der Waals surface area (Å²) in [6.45, 7) is 2.09. The summed E-state index contributed by atoms with van der Waals surface area (Å²) in [6, 6.07) is -0.0215. The number of aromatic nitrogens is 2. The van der Waals surface area contributed by atoms with Gasteiger partial charge in [0.1, 0.15) is 0 Å². The van der Waals surface area contributed by atoms with E-state index < -0.39 is 0 Å². The van der Waals surface area contributed by atoms with Gasteiger partial charge in [-0.15, -0.1) is 0 Å². The first kappa shape index (κ1) is 12.0. The van der Waals surface area contributed by atoms with Crippen molar-refractivity contribution in [3.05, 3.63) is 16.4 Å². The van der Waals surface area contributed by atoms with Gasteiger partial charge in [0, 0.05) is 7.05 Å². The van der Waals surface area contributed by atoms with E-state index in [0.717, 1.165) is 23.0 Å². The molecule has 3 atom stereocenters. The van der Waals surface area contributed by atoms with Crippen molar-refractivity contribution in [2.45, 2.75) is 38.0 Å². The maximum Gasteiger partial charge on any atom is 0.0901 e. The van der Waals surface area contributed by atoms with Crippen LogP contribution in [0.15, 0.2) is 10.7 Å². The number of nitrogens with two attached hydrogens (primary N) is 1. The van der Waals surface area contributed by atoms with Gasteiger partial charge in [-0.1, -0.05) is 0 Å². The van der Waals surface area contributed by atoms with E-state index in [1.54, 1.807) is 6.20 Å². The quantitative estimate of drug-likeness (QED) is 0.649. The second-order valence-electron chi connectivity index (χ2n) is 4.21. The summed E-state index contributed by atoms with van der Waals surface area (Å²) in [7, 11) is 1.91. The average Bonchev–Trinajstić information content (AvgIpc) is 2.80. The lowest BCUT2D eigenvalue weighted by Crippen LogP contribution is -2.38. The molecule has 0 saturated carbocycles. The topological polar surface area (TPSA) is 65.1 Å². The SMILES string of the molecule is CC1CCC(C(NN)c2c(Br)cnn2C)O1. The molecule has 5 nitrogen and oxygen atoms in total. The monoisotopic (exact) mass is 288 g/mol. The van der Waals surface area contributed by atoms with Crippen molar-refractivity contribution in [1.82, 2.24) is 15.2 Å². The molecule has 6 heteroatoms. The standard InChI is InChI=1S/C10H17BrN4O/c1-6-3-4-8(16-6)9(14-12)10-7(11)5-13-15(10)2/h5-6,8-9,14H,3-4,12H2,1-2H3. The molecule has 0 radical (unpaired) electrons. The number of rotatable bonds is 3. The van der Waals surface area contributed by atoms with E-state index in [2.05, 4.69) is 33.4 Å². The Kier molecular flexibility index (Phi) is 3.63. The lowest BCUT2D eigenvalue weighted by Gasteiger charge is -2.23. The minimum atomic E-state index is -0.0215. The second-order valence-corrected chi connectivity index (χ2v) is 5.06. The molecule has 0 bridgehead atoms. The van der Waals surface area contributed by atoms with E-state index in [1.807, 2.05) is 11.7 Å². The van der Waals surface area contributed by atoms with Crippen molar-refractivity contribution >= 4 is 15.9 Å². The Labute approximate surface area is 103 Å². The minimum Gasteiger partial charge on any atom is -0.373 e. The number of halogens is 1. The van der Waals surface area contributed by atoms with E-state index >= 15 is 0 Å². The van der Waals surface area contributed by atoms with E-state index in [4.69, 9.17) is 10.6 Å². The molecule has 1 aromatic rings. The molecule has 3 unspecified atom stereocenters. The molecule has 0 aromatic carbocycles. The van der Waals surface area contributed by atoms with Gasteiger partial charge in [0.15, 0.2) is 0 Å². The van der Waals surface area contributed by atoms with Crippen LogP contribution in [0, 0.1) is 0 Å². The van der Waals surface area contributed by atoms with Gasteiger partial charge in [0.2, 0.25) is 0 Å². The minimum absolute atomic E-state index is 0.0215. The van der Waals surface area contributed by atoms with Gasteiger partial charge in [-0.25, -0.2) is 5.43 Å². The first-order chi connectivity index (χ1) is 7.63. The summed E-state index contributed by atoms with van der Waals surface area (Å²) in [5, 5.41) is 4.19. The number of hydrogen-bond donors (Lipinski definition) is 2. The van der Waals surface area contributed by atoms with Crippen LogP contribution in [0.4, 0.5) is 0 Å². The fraction of sp³-hybridized carbons (Fsp3) is 0.700. The molecule has 0 amide bonds. The smallest absolute Gasteiger partial charge is 0.0901 e. The molecular weight excluding hydrogens is 272 g/mol. The fourth-order valence-electron chi connectivity index (χ4n) is 2.21.